The molecule has 0 fully saturated rings. The molecule has 0 N–H and O–H groups in total. The molecule has 0 bridgehead atoms. The molecule has 0 aliphatic carbocycles. The number of hydrogen-bond acceptors (Lipinski definition) is 2. The van der Waals surface area contributed by atoms with Crippen LogP contribution in [0, 0.1) is 0 Å². The fourth-order valence-corrected chi connectivity index (χ4v) is 3.52. The highest BCUT2D eigenvalue weighted by molar-refractivity contribution is 5.83. The first-order valence-electron chi connectivity index (χ1n) is 9.17. The summed E-state index contributed by atoms with van der Waals surface area (Å²) in [6.45, 7) is 12.1. The summed E-state index contributed by atoms with van der Waals surface area (Å²) in [5.74, 6) is 0. The van der Waals surface area contributed by atoms with Crippen molar-refractivity contribution in [1.82, 2.24) is 9.55 Å². The molecular formula is C23H26N2O. The highest BCUT2D eigenvalue weighted by atomic mass is 16.3. The molecule has 0 radical (unpaired) electrons. The van der Waals surface area contributed by atoms with Crippen LogP contribution in [0.4, 0.5) is 0 Å². The molecule has 0 spiro atoms. The lowest BCUT2D eigenvalue weighted by atomic mass is 9.86. The first-order valence-corrected chi connectivity index (χ1v) is 9.17. The van der Waals surface area contributed by atoms with Crippen LogP contribution < -0.4 is 0 Å². The van der Waals surface area contributed by atoms with E-state index in [0.717, 1.165) is 23.3 Å². The van der Waals surface area contributed by atoms with E-state index in [-0.39, 0.29) is 10.8 Å². The van der Waals surface area contributed by atoms with Crippen LogP contribution >= 0.6 is 0 Å². The van der Waals surface area contributed by atoms with Gasteiger partial charge in [0, 0.05) is 36.1 Å². The van der Waals surface area contributed by atoms with Gasteiger partial charge in [0.2, 0.25) is 0 Å². The second-order valence-electron chi connectivity index (χ2n) is 8.91. The van der Waals surface area contributed by atoms with Gasteiger partial charge in [0.15, 0.2) is 5.58 Å². The van der Waals surface area contributed by atoms with Crippen molar-refractivity contribution in [2.24, 2.45) is 0 Å². The van der Waals surface area contributed by atoms with Crippen LogP contribution in [0.5, 0.6) is 0 Å². The number of aromatic nitrogens is 2. The molecule has 3 nitrogen and oxygen atoms in total. The molecule has 3 heteroatoms. The lowest BCUT2D eigenvalue weighted by molar-refractivity contribution is 0.426. The Morgan fingerprint density at radius 2 is 1.69 bits per heavy atom. The molecule has 26 heavy (non-hydrogen) atoms. The zero-order valence-electron chi connectivity index (χ0n) is 16.2. The first kappa shape index (κ1) is 16.9. The molecule has 0 saturated carbocycles. The van der Waals surface area contributed by atoms with Crippen molar-refractivity contribution < 1.29 is 4.42 Å². The number of hydrogen-bond donors (Lipinski definition) is 0. The van der Waals surface area contributed by atoms with Gasteiger partial charge in [-0.25, -0.2) is 4.98 Å². The van der Waals surface area contributed by atoms with Crippen molar-refractivity contribution in [2.45, 2.75) is 52.0 Å². The quantitative estimate of drug-likeness (QED) is 0.451. The van der Waals surface area contributed by atoms with Gasteiger partial charge in [-0.3, -0.25) is 0 Å². The maximum Gasteiger partial charge on any atom is 0.152 e. The minimum atomic E-state index is -0.0760. The average Bonchev–Trinajstić information content (AvgIpc) is 3.17. The van der Waals surface area contributed by atoms with Crippen molar-refractivity contribution >= 4 is 21.9 Å². The normalized spacial score (nSPS) is 13.0. The second-order valence-corrected chi connectivity index (χ2v) is 8.91. The van der Waals surface area contributed by atoms with E-state index in [1.54, 1.807) is 6.26 Å². The van der Waals surface area contributed by atoms with Crippen molar-refractivity contribution in [2.75, 3.05) is 0 Å². The molecule has 0 atom stereocenters. The molecule has 134 valence electrons. The number of fused-ring (bicyclic) bond motifs is 2. The number of nitrogens with zero attached hydrogens (tertiary/aromatic N) is 2. The van der Waals surface area contributed by atoms with Gasteiger partial charge in [-0.2, -0.15) is 0 Å². The molecule has 4 rings (SSSR count). The topological polar surface area (TPSA) is 31.0 Å². The summed E-state index contributed by atoms with van der Waals surface area (Å²) in [6, 6.07) is 12.8. The predicted octanol–water partition coefficient (Wildman–Crippen LogP) is 6.06. The summed E-state index contributed by atoms with van der Waals surface area (Å²) in [4.78, 5) is 4.80. The van der Waals surface area contributed by atoms with E-state index < -0.39 is 0 Å². The van der Waals surface area contributed by atoms with Gasteiger partial charge in [-0.1, -0.05) is 46.8 Å². The highest BCUT2D eigenvalue weighted by Gasteiger charge is 2.24. The standard InChI is InChI=1S/C23H26N2O/c1-22(2,3)18-7-6-16-13-25(14-17(16)12-18)15-23(4,5)21-9-8-20-19(24-21)10-11-26-20/h6-14H,15H2,1-5H3. The third kappa shape index (κ3) is 3.03. The lowest BCUT2D eigenvalue weighted by Gasteiger charge is -2.24. The van der Waals surface area contributed by atoms with E-state index in [1.165, 1.54) is 16.3 Å². The average molecular weight is 346 g/mol. The van der Waals surface area contributed by atoms with Crippen LogP contribution in [0.15, 0.2) is 59.5 Å². The summed E-state index contributed by atoms with van der Waals surface area (Å²) >= 11 is 0. The zero-order valence-corrected chi connectivity index (χ0v) is 16.2. The highest BCUT2D eigenvalue weighted by Crippen LogP contribution is 2.29. The van der Waals surface area contributed by atoms with Gasteiger partial charge < -0.3 is 8.98 Å². The Morgan fingerprint density at radius 3 is 2.46 bits per heavy atom. The van der Waals surface area contributed by atoms with Crippen LogP contribution in [-0.2, 0) is 17.4 Å². The summed E-state index contributed by atoms with van der Waals surface area (Å²) in [5, 5.41) is 2.58. The molecule has 0 unspecified atom stereocenters. The van der Waals surface area contributed by atoms with Crippen molar-refractivity contribution in [3.05, 3.63) is 66.3 Å². The number of benzene rings is 1. The van der Waals surface area contributed by atoms with Crippen LogP contribution in [0.3, 0.4) is 0 Å². The largest absolute Gasteiger partial charge is 0.463 e. The van der Waals surface area contributed by atoms with E-state index in [2.05, 4.69) is 75.8 Å². The van der Waals surface area contributed by atoms with Gasteiger partial charge in [0.25, 0.3) is 0 Å². The maximum absolute atomic E-state index is 5.41. The Labute approximate surface area is 154 Å². The fourth-order valence-electron chi connectivity index (χ4n) is 3.52. The zero-order chi connectivity index (χ0) is 18.5. The summed E-state index contributed by atoms with van der Waals surface area (Å²) in [6.07, 6.45) is 6.18. The van der Waals surface area contributed by atoms with Crippen molar-refractivity contribution in [3.63, 3.8) is 0 Å². The Hall–Kier alpha value is -2.55. The molecule has 1 aromatic carbocycles. The van der Waals surface area contributed by atoms with Crippen LogP contribution in [0.25, 0.3) is 21.9 Å². The third-order valence-corrected chi connectivity index (χ3v) is 5.14. The summed E-state index contributed by atoms with van der Waals surface area (Å²) in [5.41, 5.74) is 4.30. The van der Waals surface area contributed by atoms with E-state index in [9.17, 15) is 0 Å². The summed E-state index contributed by atoms with van der Waals surface area (Å²) < 4.78 is 7.70. The monoisotopic (exact) mass is 346 g/mol. The number of rotatable bonds is 3. The van der Waals surface area contributed by atoms with E-state index >= 15 is 0 Å². The predicted molar refractivity (Wildman–Crippen MR) is 108 cm³/mol. The number of pyridine rings is 1. The Bertz CT molecular complexity index is 1080. The molecular weight excluding hydrogens is 320 g/mol. The summed E-state index contributed by atoms with van der Waals surface area (Å²) in [7, 11) is 0. The number of furan rings is 1. The first-order chi connectivity index (χ1) is 12.2. The Balaban J connectivity index is 1.66. The van der Waals surface area contributed by atoms with Crippen LogP contribution in [0.2, 0.25) is 0 Å². The van der Waals surface area contributed by atoms with Crippen LogP contribution in [-0.4, -0.2) is 9.55 Å². The van der Waals surface area contributed by atoms with Crippen molar-refractivity contribution in [1.29, 1.82) is 0 Å². The SMILES string of the molecule is CC(C)(C)c1ccc2cn(CC(C)(C)c3ccc4occc4n3)cc2c1. The molecule has 0 aliphatic rings. The van der Waals surface area contributed by atoms with Gasteiger partial charge in [0.05, 0.1) is 6.26 Å². The minimum Gasteiger partial charge on any atom is -0.463 e. The lowest BCUT2D eigenvalue weighted by Crippen LogP contribution is -2.25. The maximum atomic E-state index is 5.41. The van der Waals surface area contributed by atoms with Crippen molar-refractivity contribution in [3.8, 4) is 0 Å². The molecule has 3 aromatic heterocycles. The van der Waals surface area contributed by atoms with Gasteiger partial charge in [0.1, 0.15) is 5.52 Å². The molecule has 0 aliphatic heterocycles. The smallest absolute Gasteiger partial charge is 0.152 e. The van der Waals surface area contributed by atoms with Gasteiger partial charge >= 0.3 is 0 Å². The molecule has 0 amide bonds. The second kappa shape index (κ2) is 5.73. The van der Waals surface area contributed by atoms with E-state index in [4.69, 9.17) is 9.40 Å². The van der Waals surface area contributed by atoms with E-state index in [0.29, 0.717) is 0 Å². The van der Waals surface area contributed by atoms with Crippen LogP contribution in [0.1, 0.15) is 45.9 Å². The van der Waals surface area contributed by atoms with E-state index in [1.807, 2.05) is 12.1 Å². The molecule has 0 saturated heterocycles. The molecule has 3 heterocycles. The molecule has 4 aromatic rings. The Morgan fingerprint density at radius 1 is 0.923 bits per heavy atom. The van der Waals surface area contributed by atoms with Gasteiger partial charge in [-0.15, -0.1) is 0 Å². The third-order valence-electron chi connectivity index (χ3n) is 5.14. The Kier molecular flexibility index (Phi) is 3.72. The minimum absolute atomic E-state index is 0.0760. The van der Waals surface area contributed by atoms with Gasteiger partial charge in [-0.05, 0) is 39.9 Å². The fraction of sp³-hybridized carbons (Fsp3) is 0.348.